The standard InChI is InChI=1S/C11H19N3O/c1-8-3-4-9(2)14(6-8)11-13-10(5-12)7-15-11/h7-9H,3-6,12H2,1-2H3. The lowest BCUT2D eigenvalue weighted by atomic mass is 9.95. The van der Waals surface area contributed by atoms with Gasteiger partial charge in [-0.05, 0) is 25.7 Å². The SMILES string of the molecule is CC1CCC(C)N(c2nc(CN)co2)C1. The maximum absolute atomic E-state index is 5.51. The lowest BCUT2D eigenvalue weighted by Crippen LogP contribution is -2.41. The number of piperidine rings is 1. The highest BCUT2D eigenvalue weighted by Crippen LogP contribution is 2.26. The highest BCUT2D eigenvalue weighted by Gasteiger charge is 2.26. The van der Waals surface area contributed by atoms with E-state index in [-0.39, 0.29) is 0 Å². The summed E-state index contributed by atoms with van der Waals surface area (Å²) in [5.74, 6) is 0.717. The molecule has 2 N–H and O–H groups in total. The molecule has 1 aromatic rings. The van der Waals surface area contributed by atoms with Crippen LogP contribution in [0.4, 0.5) is 6.01 Å². The van der Waals surface area contributed by atoms with Crippen LogP contribution >= 0.6 is 0 Å². The normalized spacial score (nSPS) is 27.0. The lowest BCUT2D eigenvalue weighted by Gasteiger charge is -2.35. The summed E-state index contributed by atoms with van der Waals surface area (Å²) in [6, 6.07) is 1.25. The van der Waals surface area contributed by atoms with Crippen molar-refractivity contribution < 1.29 is 4.42 Å². The summed E-state index contributed by atoms with van der Waals surface area (Å²) in [5.41, 5.74) is 6.34. The highest BCUT2D eigenvalue weighted by molar-refractivity contribution is 5.29. The zero-order valence-electron chi connectivity index (χ0n) is 9.44. The van der Waals surface area contributed by atoms with Crippen molar-refractivity contribution in [3.8, 4) is 0 Å². The number of nitrogens with two attached hydrogens (primary N) is 1. The summed E-state index contributed by atoms with van der Waals surface area (Å²) in [6.07, 6.45) is 4.16. The maximum Gasteiger partial charge on any atom is 0.297 e. The second-order valence-corrected chi connectivity index (χ2v) is 4.51. The van der Waals surface area contributed by atoms with E-state index in [1.54, 1.807) is 6.26 Å². The maximum atomic E-state index is 5.51. The summed E-state index contributed by atoms with van der Waals surface area (Å²) < 4.78 is 5.45. The van der Waals surface area contributed by atoms with Crippen LogP contribution in [-0.2, 0) is 6.54 Å². The molecule has 0 bridgehead atoms. The molecular weight excluding hydrogens is 190 g/mol. The van der Waals surface area contributed by atoms with Gasteiger partial charge in [0.15, 0.2) is 0 Å². The zero-order chi connectivity index (χ0) is 10.8. The van der Waals surface area contributed by atoms with Gasteiger partial charge in [0, 0.05) is 19.1 Å². The first kappa shape index (κ1) is 10.5. The van der Waals surface area contributed by atoms with E-state index >= 15 is 0 Å². The number of hydrogen-bond acceptors (Lipinski definition) is 4. The van der Waals surface area contributed by atoms with Crippen molar-refractivity contribution in [1.82, 2.24) is 4.98 Å². The van der Waals surface area contributed by atoms with Crippen LogP contribution in [-0.4, -0.2) is 17.6 Å². The minimum absolute atomic E-state index is 0.446. The second kappa shape index (κ2) is 4.23. The molecule has 84 valence electrons. The second-order valence-electron chi connectivity index (χ2n) is 4.51. The molecule has 0 aromatic carbocycles. The van der Waals surface area contributed by atoms with E-state index in [1.807, 2.05) is 0 Å². The molecule has 2 unspecified atom stereocenters. The Bertz CT molecular complexity index is 323. The summed E-state index contributed by atoms with van der Waals surface area (Å²) in [6.45, 7) is 5.97. The first-order valence-corrected chi connectivity index (χ1v) is 5.61. The van der Waals surface area contributed by atoms with Crippen molar-refractivity contribution in [3.05, 3.63) is 12.0 Å². The van der Waals surface area contributed by atoms with Crippen LogP contribution in [0.3, 0.4) is 0 Å². The van der Waals surface area contributed by atoms with Crippen LogP contribution in [0.1, 0.15) is 32.4 Å². The lowest BCUT2D eigenvalue weighted by molar-refractivity contribution is 0.365. The molecule has 1 aromatic heterocycles. The fourth-order valence-electron chi connectivity index (χ4n) is 2.08. The highest BCUT2D eigenvalue weighted by atomic mass is 16.4. The van der Waals surface area contributed by atoms with Crippen molar-refractivity contribution in [1.29, 1.82) is 0 Å². The Kier molecular flexibility index (Phi) is 2.95. The van der Waals surface area contributed by atoms with Gasteiger partial charge in [0.05, 0.1) is 5.69 Å². The molecule has 0 amide bonds. The monoisotopic (exact) mass is 209 g/mol. The largest absolute Gasteiger partial charge is 0.432 e. The average Bonchev–Trinajstić information content (AvgIpc) is 2.70. The summed E-state index contributed by atoms with van der Waals surface area (Å²) in [5, 5.41) is 0. The molecule has 0 saturated carbocycles. The van der Waals surface area contributed by atoms with Gasteiger partial charge in [-0.15, -0.1) is 0 Å². The van der Waals surface area contributed by atoms with Crippen molar-refractivity contribution in [3.63, 3.8) is 0 Å². The smallest absolute Gasteiger partial charge is 0.297 e. The van der Waals surface area contributed by atoms with Gasteiger partial charge in [0.2, 0.25) is 0 Å². The average molecular weight is 209 g/mol. The molecule has 0 spiro atoms. The summed E-state index contributed by atoms with van der Waals surface area (Å²) >= 11 is 0. The first-order chi connectivity index (χ1) is 7.20. The van der Waals surface area contributed by atoms with E-state index in [9.17, 15) is 0 Å². The molecule has 2 heterocycles. The van der Waals surface area contributed by atoms with Crippen LogP contribution in [0.25, 0.3) is 0 Å². The minimum atomic E-state index is 0.446. The van der Waals surface area contributed by atoms with E-state index in [2.05, 4.69) is 23.7 Å². The van der Waals surface area contributed by atoms with E-state index in [0.717, 1.165) is 24.2 Å². The van der Waals surface area contributed by atoms with E-state index in [1.165, 1.54) is 12.8 Å². The van der Waals surface area contributed by atoms with Gasteiger partial charge in [0.1, 0.15) is 6.26 Å². The number of nitrogens with zero attached hydrogens (tertiary/aromatic N) is 2. The van der Waals surface area contributed by atoms with E-state index in [0.29, 0.717) is 12.6 Å². The van der Waals surface area contributed by atoms with Crippen molar-refractivity contribution in [2.24, 2.45) is 11.7 Å². The van der Waals surface area contributed by atoms with E-state index < -0.39 is 0 Å². The quantitative estimate of drug-likeness (QED) is 0.806. The Morgan fingerprint density at radius 2 is 2.33 bits per heavy atom. The number of anilines is 1. The van der Waals surface area contributed by atoms with Gasteiger partial charge < -0.3 is 15.1 Å². The molecule has 4 heteroatoms. The van der Waals surface area contributed by atoms with Crippen molar-refractivity contribution in [2.45, 2.75) is 39.3 Å². The third-order valence-electron chi connectivity index (χ3n) is 3.11. The number of rotatable bonds is 2. The first-order valence-electron chi connectivity index (χ1n) is 5.61. The van der Waals surface area contributed by atoms with Crippen LogP contribution in [0.15, 0.2) is 10.7 Å². The molecule has 2 atom stereocenters. The minimum Gasteiger partial charge on any atom is -0.432 e. The molecule has 2 rings (SSSR count). The van der Waals surface area contributed by atoms with Gasteiger partial charge in [-0.2, -0.15) is 4.98 Å². The predicted molar refractivity (Wildman–Crippen MR) is 59.6 cm³/mol. The summed E-state index contributed by atoms with van der Waals surface area (Å²) in [4.78, 5) is 6.61. The fourth-order valence-corrected chi connectivity index (χ4v) is 2.08. The van der Waals surface area contributed by atoms with Crippen LogP contribution in [0.5, 0.6) is 0 Å². The molecule has 15 heavy (non-hydrogen) atoms. The Morgan fingerprint density at radius 3 is 3.00 bits per heavy atom. The Balaban J connectivity index is 2.13. The number of hydrogen-bond donors (Lipinski definition) is 1. The van der Waals surface area contributed by atoms with Gasteiger partial charge in [-0.25, -0.2) is 0 Å². The number of aromatic nitrogens is 1. The van der Waals surface area contributed by atoms with Crippen LogP contribution in [0.2, 0.25) is 0 Å². The van der Waals surface area contributed by atoms with Gasteiger partial charge in [-0.1, -0.05) is 6.92 Å². The van der Waals surface area contributed by atoms with Gasteiger partial charge in [-0.3, -0.25) is 0 Å². The predicted octanol–water partition coefficient (Wildman–Crippen LogP) is 1.76. The number of oxazole rings is 1. The molecule has 1 fully saturated rings. The van der Waals surface area contributed by atoms with Crippen LogP contribution in [0, 0.1) is 5.92 Å². The van der Waals surface area contributed by atoms with E-state index in [4.69, 9.17) is 10.2 Å². The third-order valence-corrected chi connectivity index (χ3v) is 3.11. The topological polar surface area (TPSA) is 55.3 Å². The van der Waals surface area contributed by atoms with Gasteiger partial charge in [0.25, 0.3) is 6.01 Å². The molecule has 1 aliphatic rings. The molecular formula is C11H19N3O. The Labute approximate surface area is 90.5 Å². The molecule has 0 aliphatic carbocycles. The fraction of sp³-hybridized carbons (Fsp3) is 0.727. The summed E-state index contributed by atoms with van der Waals surface area (Å²) in [7, 11) is 0. The van der Waals surface area contributed by atoms with Gasteiger partial charge >= 0.3 is 0 Å². The molecule has 4 nitrogen and oxygen atoms in total. The zero-order valence-corrected chi connectivity index (χ0v) is 9.44. The molecule has 0 radical (unpaired) electrons. The molecule has 1 aliphatic heterocycles. The third kappa shape index (κ3) is 2.15. The van der Waals surface area contributed by atoms with Crippen molar-refractivity contribution in [2.75, 3.05) is 11.4 Å². The Morgan fingerprint density at radius 1 is 1.53 bits per heavy atom. The Hall–Kier alpha value is -1.03. The van der Waals surface area contributed by atoms with Crippen LogP contribution < -0.4 is 10.6 Å². The molecule has 1 saturated heterocycles. The van der Waals surface area contributed by atoms with Crippen molar-refractivity contribution >= 4 is 6.01 Å².